The molecule has 0 unspecified atom stereocenters. The minimum Gasteiger partial charge on any atom is -0.493 e. The number of hydrogen-bond donors (Lipinski definition) is 0. The molecule has 3 rings (SSSR count). The van der Waals surface area contributed by atoms with E-state index in [0.29, 0.717) is 22.2 Å². The van der Waals surface area contributed by atoms with Crippen molar-refractivity contribution in [1.29, 1.82) is 0 Å². The summed E-state index contributed by atoms with van der Waals surface area (Å²) in [6, 6.07) is 12.2. The van der Waals surface area contributed by atoms with Gasteiger partial charge in [-0.1, -0.05) is 23.7 Å². The number of hydrogen-bond acceptors (Lipinski definition) is 4. The summed E-state index contributed by atoms with van der Waals surface area (Å²) in [4.78, 5) is 26.4. The van der Waals surface area contributed by atoms with Gasteiger partial charge in [-0.25, -0.2) is 4.90 Å². The summed E-state index contributed by atoms with van der Waals surface area (Å²) in [7, 11) is 0. The summed E-state index contributed by atoms with van der Waals surface area (Å²) in [5.74, 6) is 0.369. The van der Waals surface area contributed by atoms with Crippen LogP contribution in [0.25, 0.3) is 6.08 Å². The van der Waals surface area contributed by atoms with Crippen molar-refractivity contribution in [1.82, 2.24) is 0 Å². The van der Waals surface area contributed by atoms with Crippen LogP contribution in [0.4, 0.5) is 10.5 Å². The number of benzene rings is 2. The second-order valence-electron chi connectivity index (χ2n) is 5.12. The zero-order valence-corrected chi connectivity index (χ0v) is 16.3. The molecule has 4 nitrogen and oxygen atoms in total. The van der Waals surface area contributed by atoms with Crippen molar-refractivity contribution in [2.24, 2.45) is 0 Å². The Morgan fingerprint density at radius 1 is 1.24 bits per heavy atom. The maximum absolute atomic E-state index is 12.6. The highest BCUT2D eigenvalue weighted by Crippen LogP contribution is 2.37. The summed E-state index contributed by atoms with van der Waals surface area (Å²) in [5.41, 5.74) is 1.26. The molecule has 0 saturated carbocycles. The van der Waals surface area contributed by atoms with Crippen LogP contribution in [0.3, 0.4) is 0 Å². The lowest BCUT2D eigenvalue weighted by Gasteiger charge is -2.12. The molecule has 1 aliphatic heterocycles. The molecule has 0 aromatic heterocycles. The maximum Gasteiger partial charge on any atom is 0.298 e. The Bertz CT molecular complexity index is 884. The quantitative estimate of drug-likeness (QED) is 0.571. The zero-order valence-electron chi connectivity index (χ0n) is 13.2. The minimum atomic E-state index is -0.359. The molecule has 7 heteroatoms. The lowest BCUT2D eigenvalue weighted by molar-refractivity contribution is -0.113. The van der Waals surface area contributed by atoms with Gasteiger partial charge >= 0.3 is 0 Å². The highest BCUT2D eigenvalue weighted by atomic mass is 79.9. The first kappa shape index (κ1) is 18.0. The Morgan fingerprint density at radius 3 is 2.72 bits per heavy atom. The standard InChI is InChI=1S/C18H13BrClNO3S/c1-2-24-15-7-6-11(8-14(15)19)9-16-17(22)21(18(23)25-16)13-5-3-4-12(20)10-13/h3-10H,2H2,1H3/b16-9+. The van der Waals surface area contributed by atoms with Crippen molar-refractivity contribution in [2.45, 2.75) is 6.92 Å². The summed E-state index contributed by atoms with van der Waals surface area (Å²) in [6.45, 7) is 2.47. The lowest BCUT2D eigenvalue weighted by atomic mass is 10.2. The van der Waals surface area contributed by atoms with Crippen LogP contribution >= 0.6 is 39.3 Å². The Balaban J connectivity index is 1.89. The van der Waals surface area contributed by atoms with E-state index in [4.69, 9.17) is 16.3 Å². The lowest BCUT2D eigenvalue weighted by Crippen LogP contribution is -2.27. The van der Waals surface area contributed by atoms with Crippen LogP contribution in [0.2, 0.25) is 5.02 Å². The molecule has 1 saturated heterocycles. The van der Waals surface area contributed by atoms with Gasteiger partial charge in [-0.3, -0.25) is 9.59 Å². The fourth-order valence-corrected chi connectivity index (χ4v) is 3.87. The van der Waals surface area contributed by atoms with Gasteiger partial charge in [0.25, 0.3) is 11.1 Å². The SMILES string of the molecule is CCOc1ccc(/C=C2/SC(=O)N(c3cccc(Cl)c3)C2=O)cc1Br. The van der Waals surface area contributed by atoms with E-state index in [2.05, 4.69) is 15.9 Å². The molecule has 0 radical (unpaired) electrons. The Labute approximate surface area is 162 Å². The summed E-state index contributed by atoms with van der Waals surface area (Å²) < 4.78 is 6.26. The molecule has 2 aromatic carbocycles. The van der Waals surface area contributed by atoms with E-state index >= 15 is 0 Å². The molecule has 1 aliphatic rings. The molecule has 0 bridgehead atoms. The number of rotatable bonds is 4. The number of thioether (sulfide) groups is 1. The molecule has 0 spiro atoms. The van der Waals surface area contributed by atoms with Gasteiger partial charge < -0.3 is 4.74 Å². The largest absolute Gasteiger partial charge is 0.493 e. The van der Waals surface area contributed by atoms with Crippen LogP contribution in [0.1, 0.15) is 12.5 Å². The first-order chi connectivity index (χ1) is 12.0. The van der Waals surface area contributed by atoms with Gasteiger partial charge in [0, 0.05) is 5.02 Å². The fraction of sp³-hybridized carbons (Fsp3) is 0.111. The zero-order chi connectivity index (χ0) is 18.0. The number of ether oxygens (including phenoxy) is 1. The Kier molecular flexibility index (Phi) is 5.51. The monoisotopic (exact) mass is 437 g/mol. The number of carbonyl (C=O) groups excluding carboxylic acids is 2. The summed E-state index contributed by atoms with van der Waals surface area (Å²) in [6.07, 6.45) is 1.69. The maximum atomic E-state index is 12.6. The molecule has 1 heterocycles. The van der Waals surface area contributed by atoms with Crippen LogP contribution in [0.15, 0.2) is 51.8 Å². The number of carbonyl (C=O) groups is 2. The van der Waals surface area contributed by atoms with Crippen LogP contribution in [-0.4, -0.2) is 17.8 Å². The minimum absolute atomic E-state index is 0.344. The highest BCUT2D eigenvalue weighted by Gasteiger charge is 2.36. The second-order valence-corrected chi connectivity index (χ2v) is 7.40. The Morgan fingerprint density at radius 2 is 2.04 bits per heavy atom. The second kappa shape index (κ2) is 7.64. The van der Waals surface area contributed by atoms with Crippen LogP contribution in [-0.2, 0) is 4.79 Å². The van der Waals surface area contributed by atoms with E-state index in [-0.39, 0.29) is 11.1 Å². The third-order valence-corrected chi connectivity index (χ3v) is 5.14. The topological polar surface area (TPSA) is 46.6 Å². The van der Waals surface area contributed by atoms with Gasteiger partial charge in [-0.15, -0.1) is 0 Å². The number of nitrogens with zero attached hydrogens (tertiary/aromatic N) is 1. The van der Waals surface area contributed by atoms with Gasteiger partial charge in [0.15, 0.2) is 0 Å². The predicted octanol–water partition coefficient (Wildman–Crippen LogP) is 5.74. The smallest absolute Gasteiger partial charge is 0.298 e. The van der Waals surface area contributed by atoms with Crippen LogP contribution in [0, 0.1) is 0 Å². The van der Waals surface area contributed by atoms with Crippen molar-refractivity contribution in [2.75, 3.05) is 11.5 Å². The predicted molar refractivity (Wildman–Crippen MR) is 105 cm³/mol. The molecular weight excluding hydrogens is 426 g/mol. The van der Waals surface area contributed by atoms with Crippen molar-refractivity contribution in [3.63, 3.8) is 0 Å². The normalized spacial score (nSPS) is 16.0. The number of amides is 2. The van der Waals surface area contributed by atoms with Crippen molar-refractivity contribution in [3.05, 3.63) is 62.4 Å². The third kappa shape index (κ3) is 3.92. The van der Waals surface area contributed by atoms with Gasteiger partial charge in [-0.2, -0.15) is 0 Å². The summed E-state index contributed by atoms with van der Waals surface area (Å²) in [5, 5.41) is 0.125. The number of anilines is 1. The fourth-order valence-electron chi connectivity index (χ4n) is 2.34. The van der Waals surface area contributed by atoms with Gasteiger partial charge in [0.05, 0.1) is 21.7 Å². The highest BCUT2D eigenvalue weighted by molar-refractivity contribution is 9.10. The van der Waals surface area contributed by atoms with Gasteiger partial charge in [0.2, 0.25) is 0 Å². The van der Waals surface area contributed by atoms with E-state index in [0.717, 1.165) is 32.4 Å². The first-order valence-electron chi connectivity index (χ1n) is 7.45. The van der Waals surface area contributed by atoms with E-state index in [1.54, 1.807) is 30.3 Å². The molecule has 128 valence electrons. The van der Waals surface area contributed by atoms with Crippen molar-refractivity contribution >= 4 is 62.2 Å². The summed E-state index contributed by atoms with van der Waals surface area (Å²) >= 11 is 10.3. The van der Waals surface area contributed by atoms with Crippen LogP contribution < -0.4 is 9.64 Å². The van der Waals surface area contributed by atoms with Crippen molar-refractivity contribution < 1.29 is 14.3 Å². The van der Waals surface area contributed by atoms with Crippen molar-refractivity contribution in [3.8, 4) is 5.75 Å². The molecule has 25 heavy (non-hydrogen) atoms. The van der Waals surface area contributed by atoms with E-state index in [1.807, 2.05) is 25.1 Å². The third-order valence-electron chi connectivity index (χ3n) is 3.41. The average Bonchev–Trinajstić information content (AvgIpc) is 2.84. The molecule has 0 N–H and O–H groups in total. The molecule has 0 aliphatic carbocycles. The first-order valence-corrected chi connectivity index (χ1v) is 9.44. The van der Waals surface area contributed by atoms with E-state index in [1.165, 1.54) is 0 Å². The van der Waals surface area contributed by atoms with E-state index < -0.39 is 0 Å². The molecule has 1 fully saturated rings. The van der Waals surface area contributed by atoms with Gasteiger partial charge in [0.1, 0.15) is 5.75 Å². The number of imide groups is 1. The molecule has 0 atom stereocenters. The molecule has 2 aromatic rings. The Hall–Kier alpha value is -1.76. The van der Waals surface area contributed by atoms with Crippen LogP contribution in [0.5, 0.6) is 5.75 Å². The van der Waals surface area contributed by atoms with E-state index in [9.17, 15) is 9.59 Å². The van der Waals surface area contributed by atoms with Gasteiger partial charge in [-0.05, 0) is 76.6 Å². The molecular formula is C18H13BrClNO3S. The average molecular weight is 439 g/mol. The molecule has 2 amide bonds. The number of halogens is 2.